The van der Waals surface area contributed by atoms with Crippen molar-refractivity contribution in [1.82, 2.24) is 0 Å². The third kappa shape index (κ3) is 3.54. The quantitative estimate of drug-likeness (QED) is 0.908. The van der Waals surface area contributed by atoms with E-state index in [1.54, 1.807) is 12.1 Å². The van der Waals surface area contributed by atoms with Gasteiger partial charge in [-0.3, -0.25) is 4.79 Å². The van der Waals surface area contributed by atoms with Gasteiger partial charge in [-0.1, -0.05) is 38.3 Å². The van der Waals surface area contributed by atoms with Crippen LogP contribution in [0.1, 0.15) is 50.5 Å². The topological polar surface area (TPSA) is 52.3 Å². The highest BCUT2D eigenvalue weighted by Gasteiger charge is 2.43. The van der Waals surface area contributed by atoms with Crippen LogP contribution in [0.4, 0.5) is 13.2 Å². The van der Waals surface area contributed by atoms with Crippen molar-refractivity contribution < 1.29 is 22.7 Å². The molecule has 0 spiro atoms. The third-order valence-electron chi connectivity index (χ3n) is 4.68. The highest BCUT2D eigenvalue weighted by Crippen LogP contribution is 2.47. The van der Waals surface area contributed by atoms with E-state index in [1.165, 1.54) is 12.1 Å². The third-order valence-corrected chi connectivity index (χ3v) is 4.68. The monoisotopic (exact) mass is 315 g/mol. The number of rotatable bonds is 4. The summed E-state index contributed by atoms with van der Waals surface area (Å²) in [4.78, 5) is 12.0. The number of hydrogen-bond acceptors (Lipinski definition) is 2. The van der Waals surface area contributed by atoms with Crippen LogP contribution in [-0.2, 0) is 4.79 Å². The predicted octanol–water partition coefficient (Wildman–Crippen LogP) is 4.12. The van der Waals surface area contributed by atoms with Gasteiger partial charge in [0.1, 0.15) is 5.75 Å². The van der Waals surface area contributed by atoms with E-state index in [4.69, 9.17) is 5.73 Å². The first-order chi connectivity index (χ1) is 10.2. The molecular weight excluding hydrogens is 295 g/mol. The molecule has 1 fully saturated rings. The normalized spacial score (nSPS) is 19.5. The van der Waals surface area contributed by atoms with E-state index in [-0.39, 0.29) is 17.6 Å². The average molecular weight is 315 g/mol. The summed E-state index contributed by atoms with van der Waals surface area (Å²) in [6.45, 7) is 1.91. The molecule has 1 amide bonds. The number of nitrogens with two attached hydrogens (primary N) is 1. The average Bonchev–Trinajstić information content (AvgIpc) is 2.46. The Hall–Kier alpha value is -1.72. The summed E-state index contributed by atoms with van der Waals surface area (Å²) in [7, 11) is 0. The van der Waals surface area contributed by atoms with E-state index in [0.29, 0.717) is 0 Å². The Labute approximate surface area is 127 Å². The molecule has 0 saturated heterocycles. The largest absolute Gasteiger partial charge is 0.573 e. The van der Waals surface area contributed by atoms with Crippen molar-refractivity contribution in [3.63, 3.8) is 0 Å². The lowest BCUT2D eigenvalue weighted by atomic mass is 9.64. The van der Waals surface area contributed by atoms with Gasteiger partial charge in [-0.25, -0.2) is 0 Å². The molecule has 1 atom stereocenters. The van der Waals surface area contributed by atoms with Crippen LogP contribution >= 0.6 is 0 Å². The van der Waals surface area contributed by atoms with Crippen molar-refractivity contribution in [2.24, 2.45) is 11.1 Å². The molecular formula is C16H20F3NO2. The molecule has 1 aliphatic rings. The molecule has 1 saturated carbocycles. The number of carbonyl (C=O) groups is 1. The van der Waals surface area contributed by atoms with Gasteiger partial charge < -0.3 is 10.5 Å². The Balaban J connectivity index is 2.20. The second kappa shape index (κ2) is 6.18. The first-order valence-corrected chi connectivity index (χ1v) is 7.40. The van der Waals surface area contributed by atoms with Gasteiger partial charge in [0.25, 0.3) is 0 Å². The standard InChI is InChI=1S/C16H20F3NO2/c1-11(15(14(20)21)9-3-2-4-10-15)12-5-7-13(8-6-12)22-16(17,18)19/h5-8,11H,2-4,9-10H2,1H3,(H2,20,21)/t11-/m1/s1. The zero-order chi connectivity index (χ0) is 16.4. The van der Waals surface area contributed by atoms with Gasteiger partial charge in [-0.05, 0) is 36.5 Å². The SMILES string of the molecule is C[C@H](c1ccc(OC(F)(F)F)cc1)C1(C(N)=O)CCCCC1. The molecule has 0 heterocycles. The van der Waals surface area contributed by atoms with Crippen LogP contribution in [0.3, 0.4) is 0 Å². The summed E-state index contributed by atoms with van der Waals surface area (Å²) >= 11 is 0. The number of amides is 1. The van der Waals surface area contributed by atoms with Crippen molar-refractivity contribution in [1.29, 1.82) is 0 Å². The van der Waals surface area contributed by atoms with Gasteiger partial charge in [0.2, 0.25) is 5.91 Å². The summed E-state index contributed by atoms with van der Waals surface area (Å²) in [6.07, 6.45) is -0.273. The molecule has 0 bridgehead atoms. The summed E-state index contributed by atoms with van der Waals surface area (Å²) in [6, 6.07) is 5.70. The fourth-order valence-electron chi connectivity index (χ4n) is 3.35. The molecule has 1 aromatic rings. The molecule has 2 rings (SSSR count). The van der Waals surface area contributed by atoms with Gasteiger partial charge in [-0.15, -0.1) is 13.2 Å². The van der Waals surface area contributed by atoms with Crippen LogP contribution in [0.5, 0.6) is 5.75 Å². The summed E-state index contributed by atoms with van der Waals surface area (Å²) in [5, 5.41) is 0. The fraction of sp³-hybridized carbons (Fsp3) is 0.562. The smallest absolute Gasteiger partial charge is 0.406 e. The molecule has 0 aromatic heterocycles. The van der Waals surface area contributed by atoms with E-state index in [0.717, 1.165) is 37.7 Å². The predicted molar refractivity (Wildman–Crippen MR) is 76.3 cm³/mol. The van der Waals surface area contributed by atoms with Crippen molar-refractivity contribution in [2.75, 3.05) is 0 Å². The molecule has 0 radical (unpaired) electrons. The van der Waals surface area contributed by atoms with Crippen LogP contribution in [0.15, 0.2) is 24.3 Å². The van der Waals surface area contributed by atoms with Crippen molar-refractivity contribution >= 4 is 5.91 Å². The second-order valence-electron chi connectivity index (χ2n) is 5.92. The Morgan fingerprint density at radius 3 is 2.18 bits per heavy atom. The van der Waals surface area contributed by atoms with Gasteiger partial charge in [0, 0.05) is 0 Å². The van der Waals surface area contributed by atoms with Crippen molar-refractivity contribution in [3.05, 3.63) is 29.8 Å². The molecule has 122 valence electrons. The summed E-state index contributed by atoms with van der Waals surface area (Å²) < 4.78 is 40.4. The van der Waals surface area contributed by atoms with Gasteiger partial charge >= 0.3 is 6.36 Å². The summed E-state index contributed by atoms with van der Waals surface area (Å²) in [5.41, 5.74) is 5.84. The minimum Gasteiger partial charge on any atom is -0.406 e. The maximum atomic E-state index is 12.2. The minimum atomic E-state index is -4.70. The lowest BCUT2D eigenvalue weighted by molar-refractivity contribution is -0.274. The van der Waals surface area contributed by atoms with E-state index in [1.807, 2.05) is 6.92 Å². The van der Waals surface area contributed by atoms with E-state index >= 15 is 0 Å². The number of benzene rings is 1. The van der Waals surface area contributed by atoms with Gasteiger partial charge in [0.05, 0.1) is 5.41 Å². The lowest BCUT2D eigenvalue weighted by Gasteiger charge is -2.39. The van der Waals surface area contributed by atoms with Crippen LogP contribution in [-0.4, -0.2) is 12.3 Å². The minimum absolute atomic E-state index is 0.134. The fourth-order valence-corrected chi connectivity index (χ4v) is 3.35. The lowest BCUT2D eigenvalue weighted by Crippen LogP contribution is -2.42. The zero-order valence-corrected chi connectivity index (χ0v) is 12.5. The first-order valence-electron chi connectivity index (χ1n) is 7.40. The molecule has 0 aliphatic heterocycles. The van der Waals surface area contributed by atoms with Gasteiger partial charge in [-0.2, -0.15) is 0 Å². The van der Waals surface area contributed by atoms with Crippen LogP contribution in [0, 0.1) is 5.41 Å². The Morgan fingerprint density at radius 1 is 1.18 bits per heavy atom. The van der Waals surface area contributed by atoms with E-state index in [9.17, 15) is 18.0 Å². The van der Waals surface area contributed by atoms with Crippen LogP contribution in [0.25, 0.3) is 0 Å². The number of halogens is 3. The van der Waals surface area contributed by atoms with Crippen molar-refractivity contribution in [3.8, 4) is 5.75 Å². The molecule has 0 unspecified atom stereocenters. The first kappa shape index (κ1) is 16.6. The molecule has 3 nitrogen and oxygen atoms in total. The number of alkyl halides is 3. The highest BCUT2D eigenvalue weighted by molar-refractivity contribution is 5.82. The van der Waals surface area contributed by atoms with E-state index in [2.05, 4.69) is 4.74 Å². The number of carbonyl (C=O) groups excluding carboxylic acids is 1. The molecule has 22 heavy (non-hydrogen) atoms. The second-order valence-corrected chi connectivity index (χ2v) is 5.92. The molecule has 6 heteroatoms. The Bertz CT molecular complexity index is 519. The highest BCUT2D eigenvalue weighted by atomic mass is 19.4. The van der Waals surface area contributed by atoms with Crippen LogP contribution in [0.2, 0.25) is 0 Å². The zero-order valence-electron chi connectivity index (χ0n) is 12.5. The Kier molecular flexibility index (Phi) is 4.68. The number of ether oxygens (including phenoxy) is 1. The van der Waals surface area contributed by atoms with Crippen LogP contribution < -0.4 is 10.5 Å². The maximum Gasteiger partial charge on any atom is 0.573 e. The van der Waals surface area contributed by atoms with E-state index < -0.39 is 11.8 Å². The maximum absolute atomic E-state index is 12.2. The molecule has 2 N–H and O–H groups in total. The van der Waals surface area contributed by atoms with Crippen molar-refractivity contribution in [2.45, 2.75) is 51.3 Å². The molecule has 1 aliphatic carbocycles. The van der Waals surface area contributed by atoms with Gasteiger partial charge in [0.15, 0.2) is 0 Å². The molecule has 1 aromatic carbocycles. The summed E-state index contributed by atoms with van der Waals surface area (Å²) in [5.74, 6) is -0.722. The number of primary amides is 1. The Morgan fingerprint density at radius 2 is 1.73 bits per heavy atom. The number of hydrogen-bond donors (Lipinski definition) is 1.